The highest BCUT2D eigenvalue weighted by molar-refractivity contribution is 7.81. The van der Waals surface area contributed by atoms with Crippen LogP contribution >= 0.6 is 12.6 Å². The van der Waals surface area contributed by atoms with Gasteiger partial charge in [0.05, 0.1) is 0 Å². The SMILES string of the molecule is CC1CCC(C)(C)CC1S. The van der Waals surface area contributed by atoms with E-state index in [1.165, 1.54) is 19.3 Å². The van der Waals surface area contributed by atoms with Crippen molar-refractivity contribution in [2.45, 2.75) is 45.3 Å². The van der Waals surface area contributed by atoms with Crippen LogP contribution in [0.5, 0.6) is 0 Å². The van der Waals surface area contributed by atoms with Gasteiger partial charge in [0.2, 0.25) is 0 Å². The molecule has 1 aliphatic carbocycles. The Morgan fingerprint density at radius 3 is 2.40 bits per heavy atom. The van der Waals surface area contributed by atoms with E-state index in [2.05, 4.69) is 33.4 Å². The second kappa shape index (κ2) is 2.77. The summed E-state index contributed by atoms with van der Waals surface area (Å²) < 4.78 is 0. The van der Waals surface area contributed by atoms with Crippen LogP contribution < -0.4 is 0 Å². The molecule has 0 radical (unpaired) electrons. The van der Waals surface area contributed by atoms with Crippen LogP contribution in [-0.2, 0) is 0 Å². The molecule has 0 amide bonds. The van der Waals surface area contributed by atoms with Crippen LogP contribution in [0, 0.1) is 11.3 Å². The highest BCUT2D eigenvalue weighted by Crippen LogP contribution is 2.40. The molecular formula is C9H18S. The molecule has 2 unspecified atom stereocenters. The van der Waals surface area contributed by atoms with Crippen LogP contribution in [0.25, 0.3) is 0 Å². The summed E-state index contributed by atoms with van der Waals surface area (Å²) in [5.74, 6) is 0.830. The smallest absolute Gasteiger partial charge is 0.00475 e. The maximum Gasteiger partial charge on any atom is 0.00475 e. The molecule has 0 spiro atoms. The van der Waals surface area contributed by atoms with E-state index in [9.17, 15) is 0 Å². The Bertz CT molecular complexity index is 118. The maximum atomic E-state index is 4.57. The van der Waals surface area contributed by atoms with E-state index in [0.29, 0.717) is 10.7 Å². The van der Waals surface area contributed by atoms with Crippen molar-refractivity contribution < 1.29 is 0 Å². The maximum absolute atomic E-state index is 4.57. The van der Waals surface area contributed by atoms with Crippen molar-refractivity contribution in [3.8, 4) is 0 Å². The minimum atomic E-state index is 0.554. The number of rotatable bonds is 0. The van der Waals surface area contributed by atoms with Gasteiger partial charge in [-0.1, -0.05) is 20.8 Å². The number of thiol groups is 1. The molecule has 60 valence electrons. The third-order valence-corrected chi connectivity index (χ3v) is 3.39. The van der Waals surface area contributed by atoms with Crippen LogP contribution in [0.3, 0.4) is 0 Å². The quantitative estimate of drug-likeness (QED) is 0.514. The molecule has 1 fully saturated rings. The third-order valence-electron chi connectivity index (χ3n) is 2.70. The Labute approximate surface area is 69.8 Å². The zero-order valence-corrected chi connectivity index (χ0v) is 8.12. The van der Waals surface area contributed by atoms with Gasteiger partial charge in [-0.3, -0.25) is 0 Å². The summed E-state index contributed by atoms with van der Waals surface area (Å²) in [5.41, 5.74) is 0.554. The van der Waals surface area contributed by atoms with Gasteiger partial charge >= 0.3 is 0 Å². The minimum absolute atomic E-state index is 0.554. The van der Waals surface area contributed by atoms with Gasteiger partial charge in [-0.25, -0.2) is 0 Å². The van der Waals surface area contributed by atoms with E-state index in [4.69, 9.17) is 0 Å². The molecular weight excluding hydrogens is 140 g/mol. The van der Waals surface area contributed by atoms with E-state index in [1.807, 2.05) is 0 Å². The summed E-state index contributed by atoms with van der Waals surface area (Å²) in [6.45, 7) is 7.01. The fraction of sp³-hybridized carbons (Fsp3) is 1.00. The first-order valence-electron chi connectivity index (χ1n) is 4.19. The van der Waals surface area contributed by atoms with Gasteiger partial charge in [-0.05, 0) is 30.6 Å². The minimum Gasteiger partial charge on any atom is -0.176 e. The van der Waals surface area contributed by atoms with Crippen molar-refractivity contribution >= 4 is 12.6 Å². The summed E-state index contributed by atoms with van der Waals surface area (Å²) in [6, 6.07) is 0. The first kappa shape index (κ1) is 8.45. The molecule has 2 atom stereocenters. The van der Waals surface area contributed by atoms with E-state index in [1.54, 1.807) is 0 Å². The molecule has 0 saturated heterocycles. The zero-order valence-electron chi connectivity index (χ0n) is 7.22. The molecule has 0 aliphatic heterocycles. The van der Waals surface area contributed by atoms with Crippen LogP contribution in [0.15, 0.2) is 0 Å². The Morgan fingerprint density at radius 2 is 2.00 bits per heavy atom. The van der Waals surface area contributed by atoms with Gasteiger partial charge in [-0.2, -0.15) is 12.6 Å². The molecule has 1 rings (SSSR count). The lowest BCUT2D eigenvalue weighted by Crippen LogP contribution is -2.28. The predicted octanol–water partition coefficient (Wildman–Crippen LogP) is 3.13. The van der Waals surface area contributed by atoms with Gasteiger partial charge in [0, 0.05) is 5.25 Å². The summed E-state index contributed by atoms with van der Waals surface area (Å²) in [4.78, 5) is 0. The summed E-state index contributed by atoms with van der Waals surface area (Å²) >= 11 is 4.57. The van der Waals surface area contributed by atoms with Crippen LogP contribution in [-0.4, -0.2) is 5.25 Å². The molecule has 0 N–H and O–H groups in total. The average molecular weight is 158 g/mol. The van der Waals surface area contributed by atoms with E-state index >= 15 is 0 Å². The molecule has 1 aliphatic rings. The molecule has 0 aromatic heterocycles. The summed E-state index contributed by atoms with van der Waals surface area (Å²) in [7, 11) is 0. The van der Waals surface area contributed by atoms with Crippen LogP contribution in [0.4, 0.5) is 0 Å². The molecule has 1 saturated carbocycles. The monoisotopic (exact) mass is 158 g/mol. The van der Waals surface area contributed by atoms with Gasteiger partial charge in [0.25, 0.3) is 0 Å². The van der Waals surface area contributed by atoms with Crippen LogP contribution in [0.2, 0.25) is 0 Å². The van der Waals surface area contributed by atoms with Crippen molar-refractivity contribution in [3.63, 3.8) is 0 Å². The fourth-order valence-electron chi connectivity index (χ4n) is 1.68. The lowest BCUT2D eigenvalue weighted by Gasteiger charge is -2.37. The van der Waals surface area contributed by atoms with Crippen molar-refractivity contribution in [3.05, 3.63) is 0 Å². The molecule has 0 aromatic carbocycles. The second-order valence-electron chi connectivity index (χ2n) is 4.45. The first-order valence-corrected chi connectivity index (χ1v) is 4.71. The van der Waals surface area contributed by atoms with E-state index in [-0.39, 0.29) is 0 Å². The van der Waals surface area contributed by atoms with Crippen LogP contribution in [0.1, 0.15) is 40.0 Å². The van der Waals surface area contributed by atoms with Gasteiger partial charge < -0.3 is 0 Å². The highest BCUT2D eigenvalue weighted by atomic mass is 32.1. The summed E-state index contributed by atoms with van der Waals surface area (Å²) in [5, 5.41) is 0.642. The molecule has 0 aromatic rings. The largest absolute Gasteiger partial charge is 0.176 e. The Morgan fingerprint density at radius 1 is 1.40 bits per heavy atom. The van der Waals surface area contributed by atoms with Gasteiger partial charge in [-0.15, -0.1) is 0 Å². The van der Waals surface area contributed by atoms with Crippen molar-refractivity contribution in [2.75, 3.05) is 0 Å². The highest BCUT2D eigenvalue weighted by Gasteiger charge is 2.30. The third kappa shape index (κ3) is 1.91. The normalized spacial score (nSPS) is 39.6. The number of hydrogen-bond donors (Lipinski definition) is 1. The van der Waals surface area contributed by atoms with E-state index in [0.717, 1.165) is 5.92 Å². The lowest BCUT2D eigenvalue weighted by atomic mass is 9.73. The first-order chi connectivity index (χ1) is 4.51. The van der Waals surface area contributed by atoms with Gasteiger partial charge in [0.15, 0.2) is 0 Å². The summed E-state index contributed by atoms with van der Waals surface area (Å²) in [6.07, 6.45) is 4.03. The average Bonchev–Trinajstić information content (AvgIpc) is 1.79. The van der Waals surface area contributed by atoms with Crippen molar-refractivity contribution in [1.82, 2.24) is 0 Å². The Kier molecular flexibility index (Phi) is 2.34. The van der Waals surface area contributed by atoms with Gasteiger partial charge in [0.1, 0.15) is 0 Å². The standard InChI is InChI=1S/C9H18S/c1-7-4-5-9(2,3)6-8(7)10/h7-8,10H,4-6H2,1-3H3. The predicted molar refractivity (Wildman–Crippen MR) is 49.6 cm³/mol. The van der Waals surface area contributed by atoms with E-state index < -0.39 is 0 Å². The second-order valence-corrected chi connectivity index (χ2v) is 5.11. The molecule has 0 heterocycles. The fourth-order valence-corrected chi connectivity index (χ4v) is 2.32. The zero-order chi connectivity index (χ0) is 7.78. The Hall–Kier alpha value is 0.350. The lowest BCUT2D eigenvalue weighted by molar-refractivity contribution is 0.209. The number of hydrogen-bond acceptors (Lipinski definition) is 1. The molecule has 0 bridgehead atoms. The molecule has 0 nitrogen and oxygen atoms in total. The molecule has 10 heavy (non-hydrogen) atoms. The van der Waals surface area contributed by atoms with Crippen molar-refractivity contribution in [1.29, 1.82) is 0 Å². The Balaban J connectivity index is 2.49. The van der Waals surface area contributed by atoms with Crippen molar-refractivity contribution in [2.24, 2.45) is 11.3 Å². The molecule has 1 heteroatoms. The topological polar surface area (TPSA) is 0 Å².